The van der Waals surface area contributed by atoms with Crippen molar-refractivity contribution in [2.45, 2.75) is 66.2 Å². The van der Waals surface area contributed by atoms with E-state index in [1.807, 2.05) is 6.92 Å². The third kappa shape index (κ3) is 4.18. The number of aliphatic hydroxyl groups excluding tert-OH is 1. The summed E-state index contributed by atoms with van der Waals surface area (Å²) in [5.41, 5.74) is 6.01. The standard InChI is InChI=1S/C22H32N2O3/c1-5-27-21(26)20-16(8-6-7-11-25)19-18(24-20)13-14-12-15(22(2,3)4)9-10-17(14)23-19/h13,15,24-25H,5-12H2,1-4H3. The molecular formula is C22H32N2O3. The van der Waals surface area contributed by atoms with Crippen molar-refractivity contribution in [1.82, 2.24) is 9.97 Å². The van der Waals surface area contributed by atoms with Gasteiger partial charge in [0.2, 0.25) is 0 Å². The molecule has 1 atom stereocenters. The summed E-state index contributed by atoms with van der Waals surface area (Å²) in [5.74, 6) is 0.327. The number of unbranched alkanes of at least 4 members (excludes halogenated alkanes) is 1. The quantitative estimate of drug-likeness (QED) is 0.588. The molecule has 0 spiro atoms. The highest BCUT2D eigenvalue weighted by Crippen LogP contribution is 2.38. The molecule has 5 heteroatoms. The minimum atomic E-state index is -0.319. The van der Waals surface area contributed by atoms with E-state index in [0.717, 1.165) is 42.3 Å². The Morgan fingerprint density at radius 3 is 2.81 bits per heavy atom. The van der Waals surface area contributed by atoms with Crippen molar-refractivity contribution >= 4 is 17.0 Å². The van der Waals surface area contributed by atoms with Crippen LogP contribution in [0.3, 0.4) is 0 Å². The summed E-state index contributed by atoms with van der Waals surface area (Å²) in [7, 11) is 0. The van der Waals surface area contributed by atoms with E-state index >= 15 is 0 Å². The van der Waals surface area contributed by atoms with Gasteiger partial charge in [-0.25, -0.2) is 4.79 Å². The molecule has 1 unspecified atom stereocenters. The van der Waals surface area contributed by atoms with Gasteiger partial charge in [-0.2, -0.15) is 0 Å². The van der Waals surface area contributed by atoms with Crippen LogP contribution in [0.15, 0.2) is 6.07 Å². The van der Waals surface area contributed by atoms with Gasteiger partial charge in [0.15, 0.2) is 0 Å². The third-order valence-electron chi connectivity index (χ3n) is 5.77. The first-order valence-corrected chi connectivity index (χ1v) is 10.2. The van der Waals surface area contributed by atoms with Crippen molar-refractivity contribution in [3.05, 3.63) is 28.6 Å². The van der Waals surface area contributed by atoms with Crippen LogP contribution in [0.4, 0.5) is 0 Å². The van der Waals surface area contributed by atoms with Crippen molar-refractivity contribution in [2.24, 2.45) is 11.3 Å². The zero-order valence-electron chi connectivity index (χ0n) is 17.0. The molecular weight excluding hydrogens is 340 g/mol. The minimum absolute atomic E-state index is 0.161. The molecule has 0 saturated carbocycles. The first kappa shape index (κ1) is 19.9. The van der Waals surface area contributed by atoms with Gasteiger partial charge in [0.25, 0.3) is 0 Å². The molecule has 2 aromatic rings. The number of hydrogen-bond donors (Lipinski definition) is 2. The van der Waals surface area contributed by atoms with Gasteiger partial charge in [0.05, 0.1) is 17.6 Å². The summed E-state index contributed by atoms with van der Waals surface area (Å²) in [6, 6.07) is 2.19. The summed E-state index contributed by atoms with van der Waals surface area (Å²) in [4.78, 5) is 20.7. The number of aromatic nitrogens is 2. The van der Waals surface area contributed by atoms with Crippen LogP contribution in [0.25, 0.3) is 11.0 Å². The fourth-order valence-corrected chi connectivity index (χ4v) is 4.09. The molecule has 27 heavy (non-hydrogen) atoms. The number of aryl methyl sites for hydroxylation is 2. The van der Waals surface area contributed by atoms with Gasteiger partial charge in [-0.05, 0) is 68.4 Å². The molecule has 2 N–H and O–H groups in total. The number of nitrogens with zero attached hydrogens (tertiary/aromatic N) is 1. The minimum Gasteiger partial charge on any atom is -0.461 e. The third-order valence-corrected chi connectivity index (χ3v) is 5.77. The lowest BCUT2D eigenvalue weighted by molar-refractivity contribution is 0.0519. The van der Waals surface area contributed by atoms with Crippen molar-refractivity contribution in [1.29, 1.82) is 0 Å². The number of H-pyrrole nitrogens is 1. The average Bonchev–Trinajstić information content (AvgIpc) is 2.97. The molecule has 0 aromatic carbocycles. The van der Waals surface area contributed by atoms with E-state index in [9.17, 15) is 4.79 Å². The van der Waals surface area contributed by atoms with Crippen LogP contribution in [0.5, 0.6) is 0 Å². The highest BCUT2D eigenvalue weighted by Gasteiger charge is 2.30. The molecule has 0 radical (unpaired) electrons. The largest absolute Gasteiger partial charge is 0.461 e. The summed E-state index contributed by atoms with van der Waals surface area (Å²) >= 11 is 0. The first-order chi connectivity index (χ1) is 12.8. The first-order valence-electron chi connectivity index (χ1n) is 10.2. The van der Waals surface area contributed by atoms with Gasteiger partial charge in [-0.3, -0.25) is 4.98 Å². The Kier molecular flexibility index (Phi) is 5.89. The number of nitrogens with one attached hydrogen (secondary N) is 1. The Morgan fingerprint density at radius 1 is 1.37 bits per heavy atom. The van der Waals surface area contributed by atoms with Crippen molar-refractivity contribution < 1.29 is 14.6 Å². The SMILES string of the molecule is CCOC(=O)c1[nH]c2cc3c(nc2c1CCCCO)CCC(C(C)(C)C)C3. The van der Waals surface area contributed by atoms with Gasteiger partial charge >= 0.3 is 5.97 Å². The predicted molar refractivity (Wildman–Crippen MR) is 107 cm³/mol. The number of fused-ring (bicyclic) bond motifs is 2. The van der Waals surface area contributed by atoms with Crippen molar-refractivity contribution in [2.75, 3.05) is 13.2 Å². The van der Waals surface area contributed by atoms with E-state index in [-0.39, 0.29) is 18.0 Å². The van der Waals surface area contributed by atoms with Crippen LogP contribution in [-0.4, -0.2) is 34.3 Å². The maximum atomic E-state index is 12.4. The summed E-state index contributed by atoms with van der Waals surface area (Å²) < 4.78 is 5.24. The van der Waals surface area contributed by atoms with Crippen molar-refractivity contribution in [3.8, 4) is 0 Å². The van der Waals surface area contributed by atoms with Crippen LogP contribution in [0.1, 0.15) is 74.3 Å². The predicted octanol–water partition coefficient (Wildman–Crippen LogP) is 4.21. The van der Waals surface area contributed by atoms with Crippen LogP contribution < -0.4 is 0 Å². The molecule has 5 nitrogen and oxygen atoms in total. The zero-order valence-corrected chi connectivity index (χ0v) is 17.0. The molecule has 0 bridgehead atoms. The van der Waals surface area contributed by atoms with Gasteiger partial charge < -0.3 is 14.8 Å². The lowest BCUT2D eigenvalue weighted by Crippen LogP contribution is -2.27. The number of esters is 1. The van der Waals surface area contributed by atoms with Gasteiger partial charge in [0.1, 0.15) is 5.69 Å². The summed E-state index contributed by atoms with van der Waals surface area (Å²) in [6.45, 7) is 9.25. The Morgan fingerprint density at radius 2 is 2.15 bits per heavy atom. The van der Waals surface area contributed by atoms with Crippen LogP contribution in [0.2, 0.25) is 0 Å². The summed E-state index contributed by atoms with van der Waals surface area (Å²) in [5, 5.41) is 9.10. The molecule has 0 amide bonds. The Bertz CT molecular complexity index is 817. The van der Waals surface area contributed by atoms with E-state index in [0.29, 0.717) is 31.1 Å². The molecule has 3 rings (SSSR count). The summed E-state index contributed by atoms with van der Waals surface area (Å²) in [6.07, 6.45) is 5.43. The molecule has 0 aliphatic heterocycles. The second-order valence-corrected chi connectivity index (χ2v) is 8.68. The van der Waals surface area contributed by atoms with Gasteiger partial charge in [0, 0.05) is 17.9 Å². The molecule has 1 aliphatic rings. The lowest BCUT2D eigenvalue weighted by Gasteiger charge is -2.34. The maximum Gasteiger partial charge on any atom is 0.355 e. The highest BCUT2D eigenvalue weighted by atomic mass is 16.5. The van der Waals surface area contributed by atoms with Crippen LogP contribution >= 0.6 is 0 Å². The second kappa shape index (κ2) is 8.01. The molecule has 1 aliphatic carbocycles. The monoisotopic (exact) mass is 372 g/mol. The number of hydrogen-bond acceptors (Lipinski definition) is 4. The molecule has 2 heterocycles. The number of aliphatic hydroxyl groups is 1. The van der Waals surface area contributed by atoms with Crippen LogP contribution in [-0.2, 0) is 24.0 Å². The highest BCUT2D eigenvalue weighted by molar-refractivity contribution is 5.97. The average molecular weight is 373 g/mol. The van der Waals surface area contributed by atoms with E-state index in [2.05, 4.69) is 31.8 Å². The smallest absolute Gasteiger partial charge is 0.355 e. The van der Waals surface area contributed by atoms with Gasteiger partial charge in [-0.15, -0.1) is 0 Å². The second-order valence-electron chi connectivity index (χ2n) is 8.68. The van der Waals surface area contributed by atoms with E-state index < -0.39 is 0 Å². The maximum absolute atomic E-state index is 12.4. The number of rotatable bonds is 6. The van der Waals surface area contributed by atoms with Crippen molar-refractivity contribution in [3.63, 3.8) is 0 Å². The molecule has 0 fully saturated rings. The van der Waals surface area contributed by atoms with E-state index in [1.54, 1.807) is 0 Å². The number of carbonyl (C=O) groups excluding carboxylic acids is 1. The number of pyridine rings is 1. The Labute approximate surface area is 161 Å². The molecule has 0 saturated heterocycles. The zero-order chi connectivity index (χ0) is 19.6. The Balaban J connectivity index is 2.01. The molecule has 148 valence electrons. The normalized spacial score (nSPS) is 17.1. The Hall–Kier alpha value is -1.88. The number of aromatic amines is 1. The fraction of sp³-hybridized carbons (Fsp3) is 0.636. The fourth-order valence-electron chi connectivity index (χ4n) is 4.09. The number of carbonyl (C=O) groups is 1. The van der Waals surface area contributed by atoms with E-state index in [4.69, 9.17) is 14.8 Å². The van der Waals surface area contributed by atoms with Gasteiger partial charge in [-0.1, -0.05) is 20.8 Å². The van der Waals surface area contributed by atoms with Crippen LogP contribution in [0, 0.1) is 11.3 Å². The number of ether oxygens (including phenoxy) is 1. The topological polar surface area (TPSA) is 75.2 Å². The molecule has 2 aromatic heterocycles. The van der Waals surface area contributed by atoms with E-state index in [1.165, 1.54) is 11.3 Å². The lowest BCUT2D eigenvalue weighted by atomic mass is 9.71.